The van der Waals surface area contributed by atoms with Gasteiger partial charge in [0.2, 0.25) is 0 Å². The van der Waals surface area contributed by atoms with Gasteiger partial charge in [0.15, 0.2) is 0 Å². The maximum absolute atomic E-state index is 10.1. The third-order valence-corrected chi connectivity index (χ3v) is 2.56. The fourth-order valence-corrected chi connectivity index (χ4v) is 1.78. The summed E-state index contributed by atoms with van der Waals surface area (Å²) in [5.41, 5.74) is 2.10. The Bertz CT molecular complexity index is 472. The molecular formula is C14H15NO. The van der Waals surface area contributed by atoms with Crippen LogP contribution in [0.3, 0.4) is 0 Å². The standard InChI is InChI=1S/C14H15NO/c1-14(2,16)13-8-9-15-10-12(13)11-6-4-3-5-7-11/h3-10,16H,1-2H3. The number of aromatic nitrogens is 1. The SMILES string of the molecule is CC(C)(O)c1ccncc1-c1ccccc1. The molecule has 1 aromatic heterocycles. The van der Waals surface area contributed by atoms with E-state index in [2.05, 4.69) is 4.98 Å². The molecule has 1 N–H and O–H groups in total. The monoisotopic (exact) mass is 213 g/mol. The molecule has 0 saturated carbocycles. The highest BCUT2D eigenvalue weighted by Gasteiger charge is 2.20. The van der Waals surface area contributed by atoms with Crippen LogP contribution in [-0.4, -0.2) is 10.1 Å². The normalized spacial score (nSPS) is 11.4. The minimum Gasteiger partial charge on any atom is -0.386 e. The van der Waals surface area contributed by atoms with E-state index in [-0.39, 0.29) is 0 Å². The van der Waals surface area contributed by atoms with Crippen LogP contribution in [0.15, 0.2) is 48.8 Å². The van der Waals surface area contributed by atoms with Gasteiger partial charge in [-0.15, -0.1) is 0 Å². The van der Waals surface area contributed by atoms with Gasteiger partial charge in [-0.3, -0.25) is 4.98 Å². The zero-order chi connectivity index (χ0) is 11.6. The highest BCUT2D eigenvalue weighted by molar-refractivity contribution is 5.67. The summed E-state index contributed by atoms with van der Waals surface area (Å²) in [6.45, 7) is 3.57. The molecule has 0 aliphatic rings. The van der Waals surface area contributed by atoms with Crippen molar-refractivity contribution >= 4 is 0 Å². The fourth-order valence-electron chi connectivity index (χ4n) is 1.78. The van der Waals surface area contributed by atoms with Crippen LogP contribution in [0.25, 0.3) is 11.1 Å². The lowest BCUT2D eigenvalue weighted by Gasteiger charge is -2.21. The predicted octanol–water partition coefficient (Wildman–Crippen LogP) is 2.98. The van der Waals surface area contributed by atoms with Crippen LogP contribution in [0.5, 0.6) is 0 Å². The average molecular weight is 213 g/mol. The molecule has 1 aromatic carbocycles. The molecule has 0 saturated heterocycles. The molecule has 16 heavy (non-hydrogen) atoms. The molecule has 0 unspecified atom stereocenters. The molecule has 1 heterocycles. The van der Waals surface area contributed by atoms with E-state index in [0.29, 0.717) is 0 Å². The Labute approximate surface area is 95.6 Å². The lowest BCUT2D eigenvalue weighted by molar-refractivity contribution is 0.0791. The molecule has 82 valence electrons. The van der Waals surface area contributed by atoms with Crippen molar-refractivity contribution < 1.29 is 5.11 Å². The topological polar surface area (TPSA) is 33.1 Å². The third-order valence-electron chi connectivity index (χ3n) is 2.56. The van der Waals surface area contributed by atoms with Crippen LogP contribution in [-0.2, 0) is 5.60 Å². The Morgan fingerprint density at radius 1 is 1.06 bits per heavy atom. The Hall–Kier alpha value is -1.67. The third kappa shape index (κ3) is 2.12. The first-order valence-corrected chi connectivity index (χ1v) is 5.31. The van der Waals surface area contributed by atoms with E-state index >= 15 is 0 Å². The van der Waals surface area contributed by atoms with Gasteiger partial charge in [0, 0.05) is 18.0 Å². The molecule has 0 radical (unpaired) electrons. The Morgan fingerprint density at radius 2 is 1.75 bits per heavy atom. The van der Waals surface area contributed by atoms with Gasteiger partial charge in [-0.1, -0.05) is 30.3 Å². The summed E-state index contributed by atoms with van der Waals surface area (Å²) in [7, 11) is 0. The molecule has 0 atom stereocenters. The number of nitrogens with zero attached hydrogens (tertiary/aromatic N) is 1. The number of benzene rings is 1. The average Bonchev–Trinajstić information content (AvgIpc) is 2.29. The number of aliphatic hydroxyl groups is 1. The summed E-state index contributed by atoms with van der Waals surface area (Å²) in [5.74, 6) is 0. The molecule has 0 fully saturated rings. The molecule has 2 aromatic rings. The number of rotatable bonds is 2. The first kappa shape index (κ1) is 10.8. The minimum atomic E-state index is -0.853. The van der Waals surface area contributed by atoms with Crippen molar-refractivity contribution in [3.63, 3.8) is 0 Å². The Morgan fingerprint density at radius 3 is 2.38 bits per heavy atom. The van der Waals surface area contributed by atoms with Crippen LogP contribution in [0, 0.1) is 0 Å². The molecule has 2 heteroatoms. The van der Waals surface area contributed by atoms with E-state index in [1.807, 2.05) is 36.4 Å². The second kappa shape index (κ2) is 4.06. The van der Waals surface area contributed by atoms with Gasteiger partial charge in [-0.25, -0.2) is 0 Å². The van der Waals surface area contributed by atoms with Crippen LogP contribution in [0.2, 0.25) is 0 Å². The highest BCUT2D eigenvalue weighted by atomic mass is 16.3. The second-order valence-corrected chi connectivity index (χ2v) is 4.35. The summed E-state index contributed by atoms with van der Waals surface area (Å²) >= 11 is 0. The first-order valence-electron chi connectivity index (χ1n) is 5.31. The summed E-state index contributed by atoms with van der Waals surface area (Å²) in [6.07, 6.45) is 3.50. The molecule has 2 nitrogen and oxygen atoms in total. The summed E-state index contributed by atoms with van der Waals surface area (Å²) in [4.78, 5) is 4.12. The predicted molar refractivity (Wildman–Crippen MR) is 64.9 cm³/mol. The maximum Gasteiger partial charge on any atom is 0.0847 e. The van der Waals surface area contributed by atoms with E-state index in [0.717, 1.165) is 16.7 Å². The fraction of sp³-hybridized carbons (Fsp3) is 0.214. The van der Waals surface area contributed by atoms with Crippen molar-refractivity contribution in [3.8, 4) is 11.1 Å². The molecule has 0 aliphatic carbocycles. The van der Waals surface area contributed by atoms with Crippen molar-refractivity contribution in [2.75, 3.05) is 0 Å². The zero-order valence-electron chi connectivity index (χ0n) is 9.51. The second-order valence-electron chi connectivity index (χ2n) is 4.35. The van der Waals surface area contributed by atoms with E-state index in [1.54, 1.807) is 26.2 Å². The van der Waals surface area contributed by atoms with Gasteiger partial charge >= 0.3 is 0 Å². The highest BCUT2D eigenvalue weighted by Crippen LogP contribution is 2.30. The summed E-state index contributed by atoms with van der Waals surface area (Å²) in [6, 6.07) is 11.8. The van der Waals surface area contributed by atoms with Crippen LogP contribution < -0.4 is 0 Å². The van der Waals surface area contributed by atoms with Crippen molar-refractivity contribution in [2.45, 2.75) is 19.4 Å². The zero-order valence-corrected chi connectivity index (χ0v) is 9.51. The molecule has 2 rings (SSSR count). The van der Waals surface area contributed by atoms with Gasteiger partial charge < -0.3 is 5.11 Å². The largest absolute Gasteiger partial charge is 0.386 e. The van der Waals surface area contributed by atoms with Gasteiger partial charge in [-0.2, -0.15) is 0 Å². The van der Waals surface area contributed by atoms with Crippen molar-refractivity contribution in [2.24, 2.45) is 0 Å². The van der Waals surface area contributed by atoms with Crippen molar-refractivity contribution in [1.29, 1.82) is 0 Å². The van der Waals surface area contributed by atoms with Gasteiger partial charge in [-0.05, 0) is 31.0 Å². The molecule has 0 bridgehead atoms. The van der Waals surface area contributed by atoms with Gasteiger partial charge in [0.1, 0.15) is 0 Å². The van der Waals surface area contributed by atoms with E-state index in [4.69, 9.17) is 0 Å². The van der Waals surface area contributed by atoms with E-state index < -0.39 is 5.60 Å². The maximum atomic E-state index is 10.1. The lowest BCUT2D eigenvalue weighted by atomic mass is 9.91. The van der Waals surface area contributed by atoms with Gasteiger partial charge in [0.05, 0.1) is 5.60 Å². The van der Waals surface area contributed by atoms with Crippen LogP contribution >= 0.6 is 0 Å². The van der Waals surface area contributed by atoms with E-state index in [9.17, 15) is 5.11 Å². The molecule has 0 spiro atoms. The molecular weight excluding hydrogens is 198 g/mol. The smallest absolute Gasteiger partial charge is 0.0847 e. The van der Waals surface area contributed by atoms with Crippen molar-refractivity contribution in [1.82, 2.24) is 4.98 Å². The number of pyridine rings is 1. The van der Waals surface area contributed by atoms with E-state index in [1.165, 1.54) is 0 Å². The molecule has 0 amide bonds. The number of hydrogen-bond acceptors (Lipinski definition) is 2. The lowest BCUT2D eigenvalue weighted by Crippen LogP contribution is -2.16. The first-order chi connectivity index (χ1) is 7.59. The Kier molecular flexibility index (Phi) is 2.75. The van der Waals surface area contributed by atoms with Crippen LogP contribution in [0.4, 0.5) is 0 Å². The minimum absolute atomic E-state index is 0.853. The van der Waals surface area contributed by atoms with Gasteiger partial charge in [0.25, 0.3) is 0 Å². The quantitative estimate of drug-likeness (QED) is 0.832. The Balaban J connectivity index is 2.58. The molecule has 0 aliphatic heterocycles. The summed E-state index contributed by atoms with van der Waals surface area (Å²) < 4.78 is 0. The van der Waals surface area contributed by atoms with Crippen molar-refractivity contribution in [3.05, 3.63) is 54.4 Å². The number of hydrogen-bond donors (Lipinski definition) is 1. The summed E-state index contributed by atoms with van der Waals surface area (Å²) in [5, 5.41) is 10.1. The van der Waals surface area contributed by atoms with Crippen LogP contribution in [0.1, 0.15) is 19.4 Å².